The van der Waals surface area contributed by atoms with Crippen molar-refractivity contribution in [2.24, 2.45) is 10.2 Å². The van der Waals surface area contributed by atoms with E-state index < -0.39 is 6.67 Å². The van der Waals surface area contributed by atoms with E-state index >= 15 is 0 Å². The fraction of sp³-hybridized carbons (Fsp3) is 0.435. The minimum atomic E-state index is -0.627. The largest absolute Gasteiger partial charge is 0.491 e. The van der Waals surface area contributed by atoms with Gasteiger partial charge in [-0.1, -0.05) is 18.2 Å². The normalized spacial score (nSPS) is 23.1. The number of carbonyl (C=O) groups is 1. The van der Waals surface area contributed by atoms with Crippen LogP contribution in [0.15, 0.2) is 53.1 Å². The summed E-state index contributed by atoms with van der Waals surface area (Å²) in [5, 5.41) is 11.7. The second-order valence-electron chi connectivity index (χ2n) is 7.57. The summed E-state index contributed by atoms with van der Waals surface area (Å²) in [5.74, 6) is 1.43. The maximum atomic E-state index is 12.1. The lowest BCUT2D eigenvalue weighted by Crippen LogP contribution is -2.33. The maximum absolute atomic E-state index is 12.1. The molecule has 8 nitrogen and oxygen atoms in total. The van der Waals surface area contributed by atoms with E-state index in [0.717, 1.165) is 36.4 Å². The molecule has 2 atom stereocenters. The number of hydrogen-bond acceptors (Lipinski definition) is 8. The highest BCUT2D eigenvalue weighted by Gasteiger charge is 2.63. The average Bonchev–Trinajstić information content (AvgIpc) is 3.46. The van der Waals surface area contributed by atoms with E-state index in [9.17, 15) is 9.18 Å². The molecule has 0 saturated heterocycles. The van der Waals surface area contributed by atoms with E-state index in [0.29, 0.717) is 6.61 Å². The van der Waals surface area contributed by atoms with Crippen LogP contribution in [0.1, 0.15) is 38.9 Å². The number of hydrazone groups is 2. The molecule has 2 unspecified atom stereocenters. The summed E-state index contributed by atoms with van der Waals surface area (Å²) in [4.78, 5) is 19.5. The highest BCUT2D eigenvalue weighted by Crippen LogP contribution is 2.48. The molecule has 0 bridgehead atoms. The topological polar surface area (TPSA) is 83.3 Å². The monoisotopic (exact) mass is 440 g/mol. The summed E-state index contributed by atoms with van der Waals surface area (Å²) in [5.41, 5.74) is 0.802. The van der Waals surface area contributed by atoms with E-state index in [-0.39, 0.29) is 17.4 Å². The first-order valence-electron chi connectivity index (χ1n) is 10.7. The molecule has 1 aromatic rings. The van der Waals surface area contributed by atoms with Crippen molar-refractivity contribution in [3.8, 4) is 5.75 Å². The van der Waals surface area contributed by atoms with Gasteiger partial charge >= 0.3 is 0 Å². The number of nitrogens with zero attached hydrogens (tertiary/aromatic N) is 6. The van der Waals surface area contributed by atoms with Crippen LogP contribution in [-0.2, 0) is 4.79 Å². The molecular weight excluding hydrogens is 411 g/mol. The van der Waals surface area contributed by atoms with Crippen molar-refractivity contribution < 1.29 is 13.9 Å². The Balaban J connectivity index is 0.000000182. The second kappa shape index (κ2) is 10.8. The minimum Gasteiger partial charge on any atom is -0.491 e. The fourth-order valence-corrected chi connectivity index (χ4v) is 3.49. The van der Waals surface area contributed by atoms with Crippen LogP contribution in [0.2, 0.25) is 0 Å². The zero-order valence-electron chi connectivity index (χ0n) is 18.7. The zero-order valence-corrected chi connectivity index (χ0v) is 18.7. The molecule has 4 rings (SSSR count). The Morgan fingerprint density at radius 1 is 1.41 bits per heavy atom. The second-order valence-corrected chi connectivity index (χ2v) is 7.57. The number of ether oxygens (including phenoxy) is 1. The predicted molar refractivity (Wildman–Crippen MR) is 123 cm³/mol. The maximum Gasteiger partial charge on any atom is 0.159 e. The molecule has 0 radical (unpaired) electrons. The minimum absolute atomic E-state index is 0.0673. The van der Waals surface area contributed by atoms with Crippen molar-refractivity contribution in [1.29, 1.82) is 0 Å². The molecule has 32 heavy (non-hydrogen) atoms. The third kappa shape index (κ3) is 5.66. The number of likely N-dealkylation sites (N-methyl/N-ethyl adjacent to an activating group) is 1. The Labute approximate surface area is 187 Å². The Kier molecular flexibility index (Phi) is 7.86. The number of allylic oxidation sites excluding steroid dienone is 5. The van der Waals surface area contributed by atoms with E-state index in [1.807, 2.05) is 19.0 Å². The number of carbonyl (C=O) groups excluding carboxylic acids is 1. The van der Waals surface area contributed by atoms with E-state index in [2.05, 4.69) is 38.4 Å². The standard InChI is InChI=1S/C12H14N2O.C11H15FN4O/c1-2-15-11-8-13-12(14-9-11)10-6-4-3-5-7-10;1-9(17)3-6-16(13-5-4-12)11-7-10(11)15(2)14-8-11/h4,6-9H,2-3,5H2,1H3;3,5-6,8,10H,4,7H2,1-2H3/b;6-3-,13-5+. The number of alkyl halides is 1. The van der Waals surface area contributed by atoms with Crippen molar-refractivity contribution in [2.75, 3.05) is 20.3 Å². The zero-order chi connectivity index (χ0) is 23.0. The van der Waals surface area contributed by atoms with Crippen LogP contribution < -0.4 is 4.74 Å². The van der Waals surface area contributed by atoms with Crippen molar-refractivity contribution in [3.05, 3.63) is 48.7 Å². The third-order valence-corrected chi connectivity index (χ3v) is 5.20. The number of hydrogen-bond donors (Lipinski definition) is 0. The number of fused-ring (bicyclic) bond motifs is 1. The van der Waals surface area contributed by atoms with E-state index in [1.165, 1.54) is 19.2 Å². The van der Waals surface area contributed by atoms with Crippen LogP contribution in [-0.4, -0.2) is 70.1 Å². The molecule has 0 spiro atoms. The summed E-state index contributed by atoms with van der Waals surface area (Å²) in [6, 6.07) is 0.260. The molecule has 1 aliphatic heterocycles. The molecular formula is C23H29FN6O2. The molecule has 1 aromatic heterocycles. The van der Waals surface area contributed by atoms with Crippen LogP contribution >= 0.6 is 0 Å². The van der Waals surface area contributed by atoms with Crippen molar-refractivity contribution in [2.45, 2.75) is 44.7 Å². The van der Waals surface area contributed by atoms with Gasteiger partial charge in [-0.05, 0) is 32.8 Å². The molecule has 2 heterocycles. The summed E-state index contributed by atoms with van der Waals surface area (Å²) in [6.07, 6.45) is 18.9. The van der Waals surface area contributed by atoms with Gasteiger partial charge in [0.05, 0.1) is 37.5 Å². The lowest BCUT2D eigenvalue weighted by atomic mass is 10.1. The van der Waals surface area contributed by atoms with Gasteiger partial charge in [-0.3, -0.25) is 14.8 Å². The Morgan fingerprint density at radius 3 is 2.72 bits per heavy atom. The molecule has 0 amide bonds. The highest BCUT2D eigenvalue weighted by molar-refractivity contribution is 5.87. The number of ketones is 1. The average molecular weight is 441 g/mol. The van der Waals surface area contributed by atoms with Crippen LogP contribution in [0.3, 0.4) is 0 Å². The summed E-state index contributed by atoms with van der Waals surface area (Å²) in [7, 11) is 1.89. The molecule has 9 heteroatoms. The Morgan fingerprint density at radius 2 is 2.19 bits per heavy atom. The molecule has 2 aliphatic carbocycles. The molecule has 170 valence electrons. The first-order chi connectivity index (χ1) is 15.5. The highest BCUT2D eigenvalue weighted by atomic mass is 19.1. The van der Waals surface area contributed by atoms with Gasteiger partial charge in [-0.2, -0.15) is 10.2 Å². The SMILES string of the molecule is CC(=O)/C=C\N(/N=C/CF)C12C=NN(C)C1C2.CCOc1cnc(C2=CCCC=C2)nc1. The van der Waals surface area contributed by atoms with E-state index in [1.54, 1.807) is 29.8 Å². The predicted octanol–water partition coefficient (Wildman–Crippen LogP) is 3.40. The van der Waals surface area contributed by atoms with Crippen LogP contribution in [0.4, 0.5) is 4.39 Å². The Bertz CT molecular complexity index is 940. The Hall–Kier alpha value is -3.36. The van der Waals surface area contributed by atoms with Crippen LogP contribution in [0.5, 0.6) is 5.75 Å². The van der Waals surface area contributed by atoms with Crippen LogP contribution in [0, 0.1) is 0 Å². The third-order valence-electron chi connectivity index (χ3n) is 5.20. The van der Waals surface area contributed by atoms with Crippen LogP contribution in [0.25, 0.3) is 5.57 Å². The van der Waals surface area contributed by atoms with Gasteiger partial charge in [-0.25, -0.2) is 14.4 Å². The van der Waals surface area contributed by atoms with Crippen molar-refractivity contribution >= 4 is 23.8 Å². The van der Waals surface area contributed by atoms with E-state index in [4.69, 9.17) is 4.74 Å². The quantitative estimate of drug-likeness (QED) is 0.350. The number of halogens is 1. The fourth-order valence-electron chi connectivity index (χ4n) is 3.49. The first kappa shape index (κ1) is 23.3. The lowest BCUT2D eigenvalue weighted by molar-refractivity contribution is -0.112. The molecule has 0 aromatic carbocycles. The number of rotatable bonds is 8. The van der Waals surface area contributed by atoms with Gasteiger partial charge in [0.25, 0.3) is 0 Å². The molecule has 3 aliphatic rings. The van der Waals surface area contributed by atoms with Gasteiger partial charge in [0.1, 0.15) is 12.2 Å². The van der Waals surface area contributed by atoms with Gasteiger partial charge in [0.2, 0.25) is 0 Å². The van der Waals surface area contributed by atoms with Gasteiger partial charge < -0.3 is 4.74 Å². The molecule has 0 N–H and O–H groups in total. The van der Waals surface area contributed by atoms with Gasteiger partial charge in [-0.15, -0.1) is 0 Å². The van der Waals surface area contributed by atoms with Crippen molar-refractivity contribution in [1.82, 2.24) is 20.0 Å². The summed E-state index contributed by atoms with van der Waals surface area (Å²) in [6.45, 7) is 3.42. The molecule has 1 saturated carbocycles. The van der Waals surface area contributed by atoms with Gasteiger partial charge in [0, 0.05) is 25.2 Å². The molecule has 1 fully saturated rings. The summed E-state index contributed by atoms with van der Waals surface area (Å²) >= 11 is 0. The smallest absolute Gasteiger partial charge is 0.159 e. The van der Waals surface area contributed by atoms with Crippen molar-refractivity contribution in [3.63, 3.8) is 0 Å². The lowest BCUT2D eigenvalue weighted by Gasteiger charge is -2.21. The number of aromatic nitrogens is 2. The first-order valence-corrected chi connectivity index (χ1v) is 10.7. The van der Waals surface area contributed by atoms with Gasteiger partial charge in [0.15, 0.2) is 17.4 Å². The summed E-state index contributed by atoms with van der Waals surface area (Å²) < 4.78 is 17.4.